The van der Waals surface area contributed by atoms with Crippen LogP contribution in [0.4, 0.5) is 13.2 Å². The second-order valence-electron chi connectivity index (χ2n) is 6.56. The molecule has 0 aliphatic heterocycles. The molecule has 0 saturated heterocycles. The van der Waals surface area contributed by atoms with E-state index in [1.165, 1.54) is 19.3 Å². The molecule has 0 aromatic heterocycles. The predicted molar refractivity (Wildman–Crippen MR) is 76.3 cm³/mol. The molecule has 1 nitrogen and oxygen atoms in total. The lowest BCUT2D eigenvalue weighted by Gasteiger charge is -2.32. The largest absolute Gasteiger partial charge is 0.310 e. The number of halogens is 3. The fraction of sp³-hybridized carbons (Fsp3) is 0.647. The van der Waals surface area contributed by atoms with Crippen LogP contribution in [0.15, 0.2) is 12.1 Å². The van der Waals surface area contributed by atoms with Gasteiger partial charge in [-0.3, -0.25) is 0 Å². The normalized spacial score (nSPS) is 29.0. The summed E-state index contributed by atoms with van der Waals surface area (Å²) < 4.78 is 40.9. The Hall–Kier alpha value is -1.03. The van der Waals surface area contributed by atoms with Crippen LogP contribution >= 0.6 is 0 Å². The van der Waals surface area contributed by atoms with Crippen molar-refractivity contribution in [3.8, 4) is 0 Å². The molecule has 1 aromatic carbocycles. The molecule has 4 atom stereocenters. The molecule has 0 radical (unpaired) electrons. The fourth-order valence-electron chi connectivity index (χ4n) is 4.27. The van der Waals surface area contributed by atoms with Gasteiger partial charge in [0.15, 0.2) is 11.6 Å². The Balaban J connectivity index is 1.90. The predicted octanol–water partition coefficient (Wildman–Crippen LogP) is 4.58. The van der Waals surface area contributed by atoms with Crippen LogP contribution < -0.4 is 5.32 Å². The quantitative estimate of drug-likeness (QED) is 0.784. The van der Waals surface area contributed by atoms with Crippen LogP contribution in [0.1, 0.15) is 50.6 Å². The highest BCUT2D eigenvalue weighted by Gasteiger charge is 2.44. The summed E-state index contributed by atoms with van der Waals surface area (Å²) in [4.78, 5) is 0. The van der Waals surface area contributed by atoms with Gasteiger partial charge in [0.1, 0.15) is 5.82 Å². The van der Waals surface area contributed by atoms with E-state index in [1.807, 2.05) is 6.92 Å². The van der Waals surface area contributed by atoms with E-state index in [9.17, 15) is 13.2 Å². The molecule has 4 heteroatoms. The van der Waals surface area contributed by atoms with Gasteiger partial charge in [-0.2, -0.15) is 0 Å². The summed E-state index contributed by atoms with van der Waals surface area (Å²) in [6.45, 7) is 2.81. The molecule has 1 aromatic rings. The molecule has 4 unspecified atom stereocenters. The van der Waals surface area contributed by atoms with Crippen molar-refractivity contribution in [3.05, 3.63) is 35.1 Å². The molecule has 0 spiro atoms. The van der Waals surface area contributed by atoms with Crippen LogP contribution in [0.5, 0.6) is 0 Å². The second kappa shape index (κ2) is 5.99. The van der Waals surface area contributed by atoms with E-state index in [0.29, 0.717) is 23.5 Å². The highest BCUT2D eigenvalue weighted by molar-refractivity contribution is 5.25. The van der Waals surface area contributed by atoms with Crippen LogP contribution in [0.2, 0.25) is 0 Å². The van der Waals surface area contributed by atoms with E-state index in [4.69, 9.17) is 0 Å². The average molecular weight is 297 g/mol. The van der Waals surface area contributed by atoms with Crippen LogP contribution in [0.25, 0.3) is 0 Å². The Morgan fingerprint density at radius 1 is 1.10 bits per heavy atom. The number of rotatable bonds is 5. The molecule has 21 heavy (non-hydrogen) atoms. The summed E-state index contributed by atoms with van der Waals surface area (Å²) >= 11 is 0. The third-order valence-electron chi connectivity index (χ3n) is 5.21. The molecule has 2 aliphatic rings. The van der Waals surface area contributed by atoms with E-state index in [-0.39, 0.29) is 6.04 Å². The van der Waals surface area contributed by atoms with Crippen LogP contribution in [0, 0.1) is 35.2 Å². The maximum atomic E-state index is 14.2. The van der Waals surface area contributed by atoms with Crippen molar-refractivity contribution in [2.24, 2.45) is 17.8 Å². The van der Waals surface area contributed by atoms with Crippen molar-refractivity contribution in [1.82, 2.24) is 5.32 Å². The second-order valence-corrected chi connectivity index (χ2v) is 6.56. The Bertz CT molecular complexity index is 517. The van der Waals surface area contributed by atoms with E-state index in [1.54, 1.807) is 0 Å². The van der Waals surface area contributed by atoms with Gasteiger partial charge < -0.3 is 5.32 Å². The van der Waals surface area contributed by atoms with E-state index >= 15 is 0 Å². The summed E-state index contributed by atoms with van der Waals surface area (Å²) in [6, 6.07) is 1.53. The van der Waals surface area contributed by atoms with Gasteiger partial charge in [0.2, 0.25) is 0 Å². The SMILES string of the molecule is CCCNC(c1cc(F)c(F)cc1F)C1CC2CCC1C2. The van der Waals surface area contributed by atoms with Gasteiger partial charge in [0.05, 0.1) is 0 Å². The number of nitrogens with one attached hydrogen (secondary N) is 1. The molecule has 2 aliphatic carbocycles. The third-order valence-corrected chi connectivity index (χ3v) is 5.21. The Kier molecular flexibility index (Phi) is 4.25. The molecular formula is C17H22F3N. The molecule has 116 valence electrons. The monoisotopic (exact) mass is 297 g/mol. The Morgan fingerprint density at radius 2 is 1.86 bits per heavy atom. The molecule has 0 heterocycles. The van der Waals surface area contributed by atoms with Gasteiger partial charge in [0, 0.05) is 17.7 Å². The lowest BCUT2D eigenvalue weighted by atomic mass is 9.80. The van der Waals surface area contributed by atoms with Gasteiger partial charge in [-0.1, -0.05) is 13.3 Å². The van der Waals surface area contributed by atoms with Gasteiger partial charge in [-0.15, -0.1) is 0 Å². The zero-order valence-corrected chi connectivity index (χ0v) is 12.3. The summed E-state index contributed by atoms with van der Waals surface area (Å²) in [6.07, 6.45) is 5.67. The van der Waals surface area contributed by atoms with Crippen molar-refractivity contribution in [2.45, 2.75) is 45.1 Å². The first-order valence-electron chi connectivity index (χ1n) is 7.98. The first-order chi connectivity index (χ1) is 10.1. The maximum Gasteiger partial charge on any atom is 0.161 e. The minimum Gasteiger partial charge on any atom is -0.310 e. The van der Waals surface area contributed by atoms with Gasteiger partial charge in [-0.25, -0.2) is 13.2 Å². The maximum absolute atomic E-state index is 14.2. The minimum absolute atomic E-state index is 0.199. The van der Waals surface area contributed by atoms with Crippen LogP contribution in [0.3, 0.4) is 0 Å². The van der Waals surface area contributed by atoms with Crippen molar-refractivity contribution >= 4 is 0 Å². The Labute approximate surface area is 123 Å². The van der Waals surface area contributed by atoms with Crippen molar-refractivity contribution < 1.29 is 13.2 Å². The average Bonchev–Trinajstić information content (AvgIpc) is 3.07. The topological polar surface area (TPSA) is 12.0 Å². The number of benzene rings is 1. The third kappa shape index (κ3) is 2.83. The van der Waals surface area contributed by atoms with Gasteiger partial charge in [0.25, 0.3) is 0 Å². The van der Waals surface area contributed by atoms with Gasteiger partial charge in [-0.05, 0) is 56.0 Å². The molecular weight excluding hydrogens is 275 g/mol. The van der Waals surface area contributed by atoms with Gasteiger partial charge >= 0.3 is 0 Å². The number of fused-ring (bicyclic) bond motifs is 2. The summed E-state index contributed by atoms with van der Waals surface area (Å²) in [5.41, 5.74) is 0.292. The van der Waals surface area contributed by atoms with E-state index in [2.05, 4.69) is 5.32 Å². The fourth-order valence-corrected chi connectivity index (χ4v) is 4.27. The summed E-state index contributed by atoms with van der Waals surface area (Å²) in [7, 11) is 0. The van der Waals surface area contributed by atoms with E-state index in [0.717, 1.165) is 31.4 Å². The van der Waals surface area contributed by atoms with Crippen molar-refractivity contribution in [3.63, 3.8) is 0 Å². The first-order valence-corrected chi connectivity index (χ1v) is 7.98. The number of hydrogen-bond acceptors (Lipinski definition) is 1. The van der Waals surface area contributed by atoms with E-state index < -0.39 is 17.5 Å². The molecule has 3 rings (SSSR count). The first kappa shape index (κ1) is 14.9. The zero-order valence-electron chi connectivity index (χ0n) is 12.3. The van der Waals surface area contributed by atoms with Crippen molar-refractivity contribution in [2.75, 3.05) is 6.54 Å². The lowest BCUT2D eigenvalue weighted by molar-refractivity contribution is 0.245. The molecule has 2 saturated carbocycles. The van der Waals surface area contributed by atoms with Crippen molar-refractivity contribution in [1.29, 1.82) is 0 Å². The van der Waals surface area contributed by atoms with Crippen LogP contribution in [-0.2, 0) is 0 Å². The minimum atomic E-state index is -1.11. The van der Waals surface area contributed by atoms with Crippen LogP contribution in [-0.4, -0.2) is 6.54 Å². The summed E-state index contributed by atoms with van der Waals surface area (Å²) in [5, 5.41) is 3.37. The number of hydrogen-bond donors (Lipinski definition) is 1. The molecule has 1 N–H and O–H groups in total. The highest BCUT2D eigenvalue weighted by atomic mass is 19.2. The standard InChI is InChI=1S/C17H22F3N/c1-2-5-21-17(12-7-10-3-4-11(12)6-10)13-8-15(19)16(20)9-14(13)18/h8-12,17,21H,2-7H2,1H3. The zero-order chi connectivity index (χ0) is 15.0. The molecule has 0 amide bonds. The summed E-state index contributed by atoms with van der Waals surface area (Å²) in [5.74, 6) is -1.03. The molecule has 2 bridgehead atoms. The highest BCUT2D eigenvalue weighted by Crippen LogP contribution is 2.52. The molecule has 2 fully saturated rings. The Morgan fingerprint density at radius 3 is 2.48 bits per heavy atom. The smallest absolute Gasteiger partial charge is 0.161 e. The lowest BCUT2D eigenvalue weighted by Crippen LogP contribution is -2.32.